The molecule has 0 saturated heterocycles. The van der Waals surface area contributed by atoms with E-state index < -0.39 is 0 Å². The molecule has 0 heterocycles. The van der Waals surface area contributed by atoms with Crippen LogP contribution >= 0.6 is 0 Å². The van der Waals surface area contributed by atoms with E-state index in [4.69, 9.17) is 13.2 Å². The van der Waals surface area contributed by atoms with E-state index in [0.29, 0.717) is 23.7 Å². The van der Waals surface area contributed by atoms with E-state index in [1.54, 1.807) is 24.3 Å². The Labute approximate surface area is 171 Å². The first-order chi connectivity index (χ1) is 14.0. The van der Waals surface area contributed by atoms with Crippen molar-refractivity contribution in [3.8, 4) is 0 Å². The normalized spacial score (nSPS) is 15.3. The zero-order chi connectivity index (χ0) is 20.6. The van der Waals surface area contributed by atoms with Gasteiger partial charge in [0, 0.05) is 5.92 Å². The molecule has 0 spiro atoms. The van der Waals surface area contributed by atoms with Gasteiger partial charge < -0.3 is 0 Å². The summed E-state index contributed by atoms with van der Waals surface area (Å²) in [5.41, 5.74) is 9.30. The van der Waals surface area contributed by atoms with Crippen LogP contribution in [0.2, 0.25) is 0 Å². The standard InChI is InChI=1S/C23H23BN3O2/c24-23(25)19-10-12-20(13-11-19)27-22(29)14-21(28)26-15-16-6-8-18(9-7-16)17-4-2-1-3-5-17/h1-8,10-13,18H,9,14-15,25H2,(H,26,28)(H,27,29). The first-order valence-electron chi connectivity index (χ1n) is 9.48. The monoisotopic (exact) mass is 384 g/mol. The van der Waals surface area contributed by atoms with Crippen LogP contribution in [0.25, 0.3) is 0 Å². The van der Waals surface area contributed by atoms with E-state index in [2.05, 4.69) is 34.9 Å². The van der Waals surface area contributed by atoms with Crippen molar-refractivity contribution in [2.24, 2.45) is 5.73 Å². The van der Waals surface area contributed by atoms with Gasteiger partial charge in [-0.25, -0.2) is 0 Å². The van der Waals surface area contributed by atoms with Gasteiger partial charge in [0.05, 0.1) is 0 Å². The average Bonchev–Trinajstić information content (AvgIpc) is 2.73. The third-order valence-corrected chi connectivity index (χ3v) is 4.72. The average molecular weight is 384 g/mol. The number of carbonyl (C=O) groups is 2. The number of rotatable bonds is 7. The Morgan fingerprint density at radius 3 is 2.38 bits per heavy atom. The molecule has 1 unspecified atom stereocenters. The Balaban J connectivity index is 1.42. The van der Waals surface area contributed by atoms with Gasteiger partial charge in [-0.15, -0.1) is 0 Å². The SMILES string of the molecule is [B]=C(N)c1ccc(NC(=O)CC(=O)NCC2=CCC(c3ccccc3)C=C2)cc1. The number of carbonyl (C=O) groups excluding carboxylic acids is 2. The number of benzene rings is 2. The molecule has 0 fully saturated rings. The number of allylic oxidation sites excluding steroid dienone is 2. The number of nitrogens with two attached hydrogens (primary N) is 1. The molecule has 1 radical (unpaired) electrons. The number of hydrogen-bond donors (Lipinski definition) is 3. The molecule has 1 aliphatic rings. The topological polar surface area (TPSA) is 84.2 Å². The second-order valence-corrected chi connectivity index (χ2v) is 6.93. The summed E-state index contributed by atoms with van der Waals surface area (Å²) in [6.45, 7) is 0.407. The molecule has 29 heavy (non-hydrogen) atoms. The molecule has 1 aliphatic carbocycles. The third-order valence-electron chi connectivity index (χ3n) is 4.72. The summed E-state index contributed by atoms with van der Waals surface area (Å²) < 4.78 is 0. The summed E-state index contributed by atoms with van der Waals surface area (Å²) in [5.74, 6) is -0.338. The Bertz CT molecular complexity index is 950. The summed E-state index contributed by atoms with van der Waals surface area (Å²) in [6, 6.07) is 17.1. The molecule has 2 aromatic carbocycles. The van der Waals surface area contributed by atoms with Crippen LogP contribution in [-0.4, -0.2) is 31.4 Å². The molecule has 145 valence electrons. The molecule has 2 amide bonds. The van der Waals surface area contributed by atoms with Crippen molar-refractivity contribution >= 4 is 30.6 Å². The van der Waals surface area contributed by atoms with Crippen molar-refractivity contribution in [2.45, 2.75) is 18.8 Å². The number of anilines is 1. The van der Waals surface area contributed by atoms with E-state index in [9.17, 15) is 9.59 Å². The van der Waals surface area contributed by atoms with Gasteiger partial charge in [0.25, 0.3) is 0 Å². The second-order valence-electron chi connectivity index (χ2n) is 6.93. The Morgan fingerprint density at radius 1 is 1.03 bits per heavy atom. The fourth-order valence-corrected chi connectivity index (χ4v) is 3.10. The molecule has 4 N–H and O–H groups in total. The summed E-state index contributed by atoms with van der Waals surface area (Å²) in [6.07, 6.45) is 6.96. The van der Waals surface area contributed by atoms with Gasteiger partial charge in [0.1, 0.15) is 0 Å². The fraction of sp³-hybridized carbons (Fsp3) is 0.174. The van der Waals surface area contributed by atoms with Crippen LogP contribution in [0.1, 0.15) is 29.9 Å². The zero-order valence-corrected chi connectivity index (χ0v) is 16.1. The molecule has 0 aromatic heterocycles. The van der Waals surface area contributed by atoms with Crippen molar-refractivity contribution in [1.29, 1.82) is 0 Å². The van der Waals surface area contributed by atoms with E-state index in [1.165, 1.54) is 5.56 Å². The van der Waals surface area contributed by atoms with E-state index in [-0.39, 0.29) is 23.8 Å². The van der Waals surface area contributed by atoms with Crippen LogP contribution in [0.3, 0.4) is 0 Å². The van der Waals surface area contributed by atoms with E-state index in [0.717, 1.165) is 12.0 Å². The second kappa shape index (κ2) is 9.69. The summed E-state index contributed by atoms with van der Waals surface area (Å²) in [5, 5.41) is 5.47. The number of hydrogen-bond acceptors (Lipinski definition) is 3. The molecule has 2 aromatic rings. The van der Waals surface area contributed by atoms with Crippen molar-refractivity contribution in [2.75, 3.05) is 11.9 Å². The molecule has 5 nitrogen and oxygen atoms in total. The first-order valence-corrected chi connectivity index (χ1v) is 9.48. The molecular weight excluding hydrogens is 361 g/mol. The van der Waals surface area contributed by atoms with Crippen LogP contribution in [0.15, 0.2) is 78.4 Å². The van der Waals surface area contributed by atoms with Gasteiger partial charge in [-0.1, -0.05) is 48.6 Å². The van der Waals surface area contributed by atoms with E-state index in [1.807, 2.05) is 24.3 Å². The maximum absolute atomic E-state index is 12.1. The quantitative estimate of drug-likeness (QED) is 0.506. The third kappa shape index (κ3) is 6.04. The summed E-state index contributed by atoms with van der Waals surface area (Å²) in [4.78, 5) is 24.1. The fourth-order valence-electron chi connectivity index (χ4n) is 3.10. The first kappa shape index (κ1) is 20.3. The van der Waals surface area contributed by atoms with E-state index >= 15 is 0 Å². The Kier molecular flexibility index (Phi) is 6.79. The van der Waals surface area contributed by atoms with Crippen LogP contribution < -0.4 is 16.4 Å². The van der Waals surface area contributed by atoms with Crippen molar-refractivity contribution in [1.82, 2.24) is 5.32 Å². The Hall–Kier alpha value is -3.41. The molecule has 1 atom stereocenters. The van der Waals surface area contributed by atoms with Gasteiger partial charge in [-0.05, 0) is 12.0 Å². The molecule has 0 bridgehead atoms. The Morgan fingerprint density at radius 2 is 1.76 bits per heavy atom. The van der Waals surface area contributed by atoms with Crippen LogP contribution in [0, 0.1) is 0 Å². The molecule has 0 aliphatic heterocycles. The van der Waals surface area contributed by atoms with Gasteiger partial charge >= 0.3 is 105 Å². The maximum atomic E-state index is 12.1. The molecule has 3 rings (SSSR count). The van der Waals surface area contributed by atoms with Gasteiger partial charge in [0.2, 0.25) is 0 Å². The number of nitrogens with one attached hydrogen (secondary N) is 2. The molecule has 6 heteroatoms. The van der Waals surface area contributed by atoms with Gasteiger partial charge in [0.15, 0.2) is 0 Å². The summed E-state index contributed by atoms with van der Waals surface area (Å²) in [7, 11) is 5.51. The predicted octanol–water partition coefficient (Wildman–Crippen LogP) is 2.41. The minimum atomic E-state index is -0.378. The minimum absolute atomic E-state index is 0.211. The molecular formula is C23H23BN3O2. The van der Waals surface area contributed by atoms with Crippen LogP contribution in [0.5, 0.6) is 0 Å². The number of amides is 2. The molecule has 0 saturated carbocycles. The van der Waals surface area contributed by atoms with Crippen molar-refractivity contribution in [3.05, 3.63) is 89.5 Å². The van der Waals surface area contributed by atoms with Gasteiger partial charge in [-0.3, -0.25) is 0 Å². The van der Waals surface area contributed by atoms with Crippen molar-refractivity contribution in [3.63, 3.8) is 0 Å². The van der Waals surface area contributed by atoms with Crippen molar-refractivity contribution < 1.29 is 9.59 Å². The zero-order valence-electron chi connectivity index (χ0n) is 16.1. The summed E-state index contributed by atoms with van der Waals surface area (Å²) >= 11 is 0. The van der Waals surface area contributed by atoms with Gasteiger partial charge in [-0.2, -0.15) is 0 Å². The predicted molar refractivity (Wildman–Crippen MR) is 118 cm³/mol. The van der Waals surface area contributed by atoms with Crippen LogP contribution in [-0.2, 0) is 9.59 Å². The van der Waals surface area contributed by atoms with Crippen LogP contribution in [0.4, 0.5) is 5.69 Å².